The standard InChI is InChI=1S/C11H24N2O/c1-9(2)11(5-7-14)13-10-4-3-6-12-8-10/h9-14H,3-8H2,1-2H3. The van der Waals surface area contributed by atoms with Gasteiger partial charge in [0.05, 0.1) is 0 Å². The number of rotatable bonds is 5. The molecule has 3 heteroatoms. The second kappa shape index (κ2) is 6.38. The van der Waals surface area contributed by atoms with Gasteiger partial charge in [-0.05, 0) is 31.7 Å². The monoisotopic (exact) mass is 200 g/mol. The lowest BCUT2D eigenvalue weighted by atomic mass is 9.98. The summed E-state index contributed by atoms with van der Waals surface area (Å²) in [6.07, 6.45) is 3.40. The van der Waals surface area contributed by atoms with E-state index in [9.17, 15) is 0 Å². The molecule has 0 radical (unpaired) electrons. The molecule has 1 aliphatic heterocycles. The minimum Gasteiger partial charge on any atom is -0.396 e. The summed E-state index contributed by atoms with van der Waals surface area (Å²) >= 11 is 0. The van der Waals surface area contributed by atoms with E-state index in [0.717, 1.165) is 19.5 Å². The molecule has 0 aromatic heterocycles. The van der Waals surface area contributed by atoms with Crippen LogP contribution in [0.3, 0.4) is 0 Å². The Morgan fingerprint density at radius 3 is 2.79 bits per heavy atom. The highest BCUT2D eigenvalue weighted by molar-refractivity contribution is 4.80. The maximum Gasteiger partial charge on any atom is 0.0445 e. The summed E-state index contributed by atoms with van der Waals surface area (Å²) in [5.41, 5.74) is 0. The van der Waals surface area contributed by atoms with Crippen molar-refractivity contribution < 1.29 is 5.11 Å². The van der Waals surface area contributed by atoms with Crippen molar-refractivity contribution in [2.24, 2.45) is 5.92 Å². The predicted octanol–water partition coefficient (Wildman–Crippen LogP) is 0.735. The molecule has 0 amide bonds. The number of aliphatic hydroxyl groups excluding tert-OH is 1. The topological polar surface area (TPSA) is 44.3 Å². The predicted molar refractivity (Wildman–Crippen MR) is 59.4 cm³/mol. The van der Waals surface area contributed by atoms with Gasteiger partial charge in [0, 0.05) is 25.2 Å². The Morgan fingerprint density at radius 1 is 1.50 bits per heavy atom. The lowest BCUT2D eigenvalue weighted by Crippen LogP contribution is -2.49. The molecule has 1 aliphatic rings. The van der Waals surface area contributed by atoms with E-state index in [1.807, 2.05) is 0 Å². The molecule has 0 saturated carbocycles. The smallest absolute Gasteiger partial charge is 0.0445 e. The van der Waals surface area contributed by atoms with Crippen LogP contribution < -0.4 is 10.6 Å². The average Bonchev–Trinajstić information content (AvgIpc) is 2.18. The zero-order valence-electron chi connectivity index (χ0n) is 9.42. The Bertz CT molecular complexity index is 144. The molecule has 2 atom stereocenters. The summed E-state index contributed by atoms with van der Waals surface area (Å²) in [6, 6.07) is 1.06. The lowest BCUT2D eigenvalue weighted by Gasteiger charge is -2.30. The number of nitrogens with one attached hydrogen (secondary N) is 2. The molecule has 1 fully saturated rings. The van der Waals surface area contributed by atoms with Crippen LogP contribution in [0.25, 0.3) is 0 Å². The molecule has 84 valence electrons. The van der Waals surface area contributed by atoms with Gasteiger partial charge >= 0.3 is 0 Å². The van der Waals surface area contributed by atoms with Crippen LogP contribution in [0.4, 0.5) is 0 Å². The van der Waals surface area contributed by atoms with Gasteiger partial charge in [-0.2, -0.15) is 0 Å². The molecule has 0 aromatic carbocycles. The van der Waals surface area contributed by atoms with Crippen molar-refractivity contribution in [3.05, 3.63) is 0 Å². The van der Waals surface area contributed by atoms with Crippen molar-refractivity contribution in [3.63, 3.8) is 0 Å². The molecule has 1 rings (SSSR count). The van der Waals surface area contributed by atoms with Crippen molar-refractivity contribution in [2.45, 2.75) is 45.2 Å². The first-order chi connectivity index (χ1) is 6.74. The zero-order valence-corrected chi connectivity index (χ0v) is 9.42. The maximum absolute atomic E-state index is 8.96. The van der Waals surface area contributed by atoms with Gasteiger partial charge in [0.2, 0.25) is 0 Å². The van der Waals surface area contributed by atoms with Crippen LogP contribution in [0.1, 0.15) is 33.1 Å². The molecule has 0 aliphatic carbocycles. The molecular weight excluding hydrogens is 176 g/mol. The zero-order chi connectivity index (χ0) is 10.4. The fourth-order valence-electron chi connectivity index (χ4n) is 2.05. The summed E-state index contributed by atoms with van der Waals surface area (Å²) in [5, 5.41) is 16.0. The third-order valence-electron chi connectivity index (χ3n) is 2.99. The molecule has 2 unspecified atom stereocenters. The van der Waals surface area contributed by atoms with E-state index in [4.69, 9.17) is 5.11 Å². The van der Waals surface area contributed by atoms with Gasteiger partial charge in [0.25, 0.3) is 0 Å². The summed E-state index contributed by atoms with van der Waals surface area (Å²) in [4.78, 5) is 0. The van der Waals surface area contributed by atoms with Crippen LogP contribution in [0.5, 0.6) is 0 Å². The van der Waals surface area contributed by atoms with Crippen LogP contribution in [0.2, 0.25) is 0 Å². The average molecular weight is 200 g/mol. The molecule has 1 saturated heterocycles. The van der Waals surface area contributed by atoms with Crippen molar-refractivity contribution >= 4 is 0 Å². The quantitative estimate of drug-likeness (QED) is 0.613. The second-order valence-electron chi connectivity index (χ2n) is 4.57. The van der Waals surface area contributed by atoms with E-state index in [1.54, 1.807) is 0 Å². The maximum atomic E-state index is 8.96. The number of piperidine rings is 1. The van der Waals surface area contributed by atoms with Gasteiger partial charge in [-0.3, -0.25) is 0 Å². The van der Waals surface area contributed by atoms with Gasteiger partial charge < -0.3 is 15.7 Å². The van der Waals surface area contributed by atoms with Gasteiger partial charge in [0.1, 0.15) is 0 Å². The highest BCUT2D eigenvalue weighted by Crippen LogP contribution is 2.10. The highest BCUT2D eigenvalue weighted by Gasteiger charge is 2.19. The van der Waals surface area contributed by atoms with Gasteiger partial charge in [-0.15, -0.1) is 0 Å². The number of hydrogen-bond donors (Lipinski definition) is 3. The van der Waals surface area contributed by atoms with Crippen molar-refractivity contribution in [1.29, 1.82) is 0 Å². The van der Waals surface area contributed by atoms with Crippen LogP contribution in [-0.4, -0.2) is 36.9 Å². The molecule has 1 heterocycles. The second-order valence-corrected chi connectivity index (χ2v) is 4.57. The van der Waals surface area contributed by atoms with E-state index in [2.05, 4.69) is 24.5 Å². The minimum absolute atomic E-state index is 0.288. The largest absolute Gasteiger partial charge is 0.396 e. The Kier molecular flexibility index (Phi) is 5.45. The highest BCUT2D eigenvalue weighted by atomic mass is 16.3. The van der Waals surface area contributed by atoms with Gasteiger partial charge in [-0.1, -0.05) is 13.8 Å². The Balaban J connectivity index is 2.29. The third-order valence-corrected chi connectivity index (χ3v) is 2.99. The summed E-state index contributed by atoms with van der Waals surface area (Å²) in [5.74, 6) is 0.601. The first kappa shape index (κ1) is 12.0. The fourth-order valence-corrected chi connectivity index (χ4v) is 2.05. The van der Waals surface area contributed by atoms with E-state index in [-0.39, 0.29) is 6.61 Å². The SMILES string of the molecule is CC(C)C(CCO)NC1CCCNC1. The molecule has 0 spiro atoms. The van der Waals surface area contributed by atoms with Gasteiger partial charge in [-0.25, -0.2) is 0 Å². The van der Waals surface area contributed by atoms with E-state index in [0.29, 0.717) is 18.0 Å². The van der Waals surface area contributed by atoms with Crippen LogP contribution in [0.15, 0.2) is 0 Å². The molecule has 0 aromatic rings. The fraction of sp³-hybridized carbons (Fsp3) is 1.00. The van der Waals surface area contributed by atoms with Crippen LogP contribution >= 0.6 is 0 Å². The Labute approximate surface area is 87.3 Å². The first-order valence-electron chi connectivity index (χ1n) is 5.81. The van der Waals surface area contributed by atoms with E-state index < -0.39 is 0 Å². The molecule has 0 bridgehead atoms. The first-order valence-corrected chi connectivity index (χ1v) is 5.81. The summed E-state index contributed by atoms with van der Waals surface area (Å²) in [7, 11) is 0. The van der Waals surface area contributed by atoms with Crippen LogP contribution in [0, 0.1) is 5.92 Å². The normalized spacial score (nSPS) is 25.3. The summed E-state index contributed by atoms with van der Waals surface area (Å²) in [6.45, 7) is 6.95. The number of hydrogen-bond acceptors (Lipinski definition) is 3. The molecular formula is C11H24N2O. The van der Waals surface area contributed by atoms with E-state index in [1.165, 1.54) is 12.8 Å². The minimum atomic E-state index is 0.288. The van der Waals surface area contributed by atoms with Gasteiger partial charge in [0.15, 0.2) is 0 Å². The molecule has 3 N–H and O–H groups in total. The van der Waals surface area contributed by atoms with Crippen LogP contribution in [-0.2, 0) is 0 Å². The molecule has 3 nitrogen and oxygen atoms in total. The lowest BCUT2D eigenvalue weighted by molar-refractivity contribution is 0.226. The molecule has 14 heavy (non-hydrogen) atoms. The Morgan fingerprint density at radius 2 is 2.29 bits per heavy atom. The van der Waals surface area contributed by atoms with Crippen molar-refractivity contribution in [1.82, 2.24) is 10.6 Å². The third kappa shape index (κ3) is 3.95. The number of aliphatic hydroxyl groups is 1. The van der Waals surface area contributed by atoms with E-state index >= 15 is 0 Å². The Hall–Kier alpha value is -0.120. The van der Waals surface area contributed by atoms with Crippen molar-refractivity contribution in [2.75, 3.05) is 19.7 Å². The summed E-state index contributed by atoms with van der Waals surface area (Å²) < 4.78 is 0. The van der Waals surface area contributed by atoms with Crippen molar-refractivity contribution in [3.8, 4) is 0 Å².